The molecule has 25 heavy (non-hydrogen) atoms. The molecule has 0 radical (unpaired) electrons. The van der Waals surface area contributed by atoms with Gasteiger partial charge in [-0.3, -0.25) is 14.2 Å². The zero-order valence-corrected chi connectivity index (χ0v) is 13.4. The second-order valence-electron chi connectivity index (χ2n) is 5.79. The smallest absolute Gasteiger partial charge is 0.406 e. The molecular weight excluding hydrogens is 343 g/mol. The number of imidazole rings is 1. The fourth-order valence-corrected chi connectivity index (χ4v) is 2.43. The van der Waals surface area contributed by atoms with Gasteiger partial charge in [0.2, 0.25) is 0 Å². The summed E-state index contributed by atoms with van der Waals surface area (Å²) in [6, 6.07) is 3.82. The molecule has 1 atom stereocenters. The van der Waals surface area contributed by atoms with Crippen molar-refractivity contribution in [2.75, 3.05) is 13.6 Å². The maximum absolute atomic E-state index is 12.5. The third-order valence-electron chi connectivity index (χ3n) is 3.67. The van der Waals surface area contributed by atoms with Crippen molar-refractivity contribution in [2.45, 2.75) is 19.6 Å². The van der Waals surface area contributed by atoms with Gasteiger partial charge in [-0.15, -0.1) is 0 Å². The van der Waals surface area contributed by atoms with Crippen molar-refractivity contribution >= 4 is 22.9 Å². The molecule has 2 aromatic rings. The Morgan fingerprint density at radius 2 is 2.00 bits per heavy atom. The molecule has 0 aliphatic rings. The van der Waals surface area contributed by atoms with Crippen LogP contribution >= 0.6 is 0 Å². The summed E-state index contributed by atoms with van der Waals surface area (Å²) in [5.74, 6) is -2.33. The molecule has 7 nitrogen and oxygen atoms in total. The predicted octanol–water partition coefficient (Wildman–Crippen LogP) is 1.68. The number of hydrogen-bond donors (Lipinski definition) is 2. The van der Waals surface area contributed by atoms with Gasteiger partial charge in [0, 0.05) is 19.2 Å². The number of rotatable bonds is 5. The minimum Gasteiger partial charge on any atom is -0.481 e. The van der Waals surface area contributed by atoms with E-state index in [0.29, 0.717) is 4.57 Å². The summed E-state index contributed by atoms with van der Waals surface area (Å²) >= 11 is 0. The van der Waals surface area contributed by atoms with Crippen molar-refractivity contribution < 1.29 is 27.9 Å². The number of halogens is 3. The molecule has 0 saturated heterocycles. The SMILES string of the molecule is CC(CN(C)C(=O)c1ccc2c(c1)[nH]c(=O)n2CC(F)(F)F)C(=O)O. The highest BCUT2D eigenvalue weighted by Gasteiger charge is 2.30. The lowest BCUT2D eigenvalue weighted by atomic mass is 10.1. The fourth-order valence-electron chi connectivity index (χ4n) is 2.43. The van der Waals surface area contributed by atoms with Gasteiger partial charge in [-0.2, -0.15) is 13.2 Å². The van der Waals surface area contributed by atoms with E-state index in [1.807, 2.05) is 0 Å². The zero-order valence-electron chi connectivity index (χ0n) is 13.4. The first kappa shape index (κ1) is 18.6. The van der Waals surface area contributed by atoms with E-state index in [0.717, 1.165) is 0 Å². The Bertz CT molecular complexity index is 869. The van der Waals surface area contributed by atoms with Crippen LogP contribution in [-0.4, -0.2) is 51.2 Å². The highest BCUT2D eigenvalue weighted by molar-refractivity contribution is 5.97. The molecule has 0 spiro atoms. The van der Waals surface area contributed by atoms with E-state index in [9.17, 15) is 27.6 Å². The lowest BCUT2D eigenvalue weighted by Crippen LogP contribution is -2.33. The van der Waals surface area contributed by atoms with E-state index in [4.69, 9.17) is 5.11 Å². The van der Waals surface area contributed by atoms with Crippen LogP contribution in [0.5, 0.6) is 0 Å². The Morgan fingerprint density at radius 1 is 1.36 bits per heavy atom. The number of nitrogens with zero attached hydrogens (tertiary/aromatic N) is 2. The first-order valence-corrected chi connectivity index (χ1v) is 7.27. The molecule has 136 valence electrons. The molecule has 1 heterocycles. The predicted molar refractivity (Wildman–Crippen MR) is 82.4 cm³/mol. The van der Waals surface area contributed by atoms with E-state index in [-0.39, 0.29) is 23.1 Å². The molecule has 0 bridgehead atoms. The van der Waals surface area contributed by atoms with Crippen LogP contribution in [0.2, 0.25) is 0 Å². The van der Waals surface area contributed by atoms with E-state index < -0.39 is 36.2 Å². The van der Waals surface area contributed by atoms with Gasteiger partial charge in [-0.25, -0.2) is 4.79 Å². The van der Waals surface area contributed by atoms with Crippen LogP contribution in [0, 0.1) is 5.92 Å². The number of carboxylic acids is 1. The largest absolute Gasteiger partial charge is 0.481 e. The van der Waals surface area contributed by atoms with Gasteiger partial charge in [0.05, 0.1) is 17.0 Å². The molecule has 1 aromatic heterocycles. The fraction of sp³-hybridized carbons (Fsp3) is 0.400. The van der Waals surface area contributed by atoms with E-state index in [2.05, 4.69) is 4.98 Å². The second kappa shape index (κ2) is 6.61. The topological polar surface area (TPSA) is 95.4 Å². The Kier molecular flexibility index (Phi) is 4.91. The Morgan fingerprint density at radius 3 is 2.56 bits per heavy atom. The number of carboxylic acid groups (broad SMARTS) is 1. The number of aromatic amines is 1. The maximum Gasteiger partial charge on any atom is 0.406 e. The van der Waals surface area contributed by atoms with Gasteiger partial charge in [0.25, 0.3) is 5.91 Å². The minimum atomic E-state index is -4.55. The number of carbonyl (C=O) groups is 2. The van der Waals surface area contributed by atoms with Crippen LogP contribution in [0.25, 0.3) is 11.0 Å². The molecule has 1 aromatic carbocycles. The monoisotopic (exact) mass is 359 g/mol. The molecule has 1 amide bonds. The summed E-state index contributed by atoms with van der Waals surface area (Å²) < 4.78 is 38.2. The first-order chi connectivity index (χ1) is 11.5. The summed E-state index contributed by atoms with van der Waals surface area (Å²) in [7, 11) is 1.42. The van der Waals surface area contributed by atoms with Crippen molar-refractivity contribution in [3.63, 3.8) is 0 Å². The summed E-state index contributed by atoms with van der Waals surface area (Å²) in [4.78, 5) is 38.4. The number of benzene rings is 1. The third-order valence-corrected chi connectivity index (χ3v) is 3.67. The Balaban J connectivity index is 2.31. The van der Waals surface area contributed by atoms with Crippen molar-refractivity contribution in [2.24, 2.45) is 5.92 Å². The second-order valence-corrected chi connectivity index (χ2v) is 5.79. The number of aromatic nitrogens is 2. The molecule has 2 rings (SSSR count). The van der Waals surface area contributed by atoms with Crippen LogP contribution in [0.3, 0.4) is 0 Å². The highest BCUT2D eigenvalue weighted by atomic mass is 19.4. The Hall–Kier alpha value is -2.78. The highest BCUT2D eigenvalue weighted by Crippen LogP contribution is 2.21. The van der Waals surface area contributed by atoms with E-state index in [1.165, 1.54) is 37.1 Å². The minimum absolute atomic E-state index is 0.0282. The van der Waals surface area contributed by atoms with Crippen LogP contribution in [0.4, 0.5) is 13.2 Å². The maximum atomic E-state index is 12.5. The van der Waals surface area contributed by atoms with Crippen LogP contribution in [0.1, 0.15) is 17.3 Å². The van der Waals surface area contributed by atoms with Crippen molar-refractivity contribution in [3.05, 3.63) is 34.2 Å². The quantitative estimate of drug-likeness (QED) is 0.849. The van der Waals surface area contributed by atoms with Gasteiger partial charge >= 0.3 is 17.8 Å². The summed E-state index contributed by atoms with van der Waals surface area (Å²) in [6.07, 6.45) is -4.55. The number of hydrogen-bond acceptors (Lipinski definition) is 3. The summed E-state index contributed by atoms with van der Waals surface area (Å²) in [6.45, 7) is -0.0169. The lowest BCUT2D eigenvalue weighted by molar-refractivity contribution is -0.142. The van der Waals surface area contributed by atoms with E-state index >= 15 is 0 Å². The van der Waals surface area contributed by atoms with Crippen LogP contribution < -0.4 is 5.69 Å². The average molecular weight is 359 g/mol. The van der Waals surface area contributed by atoms with Gasteiger partial charge in [0.15, 0.2) is 0 Å². The number of amides is 1. The van der Waals surface area contributed by atoms with Gasteiger partial charge < -0.3 is 15.0 Å². The van der Waals surface area contributed by atoms with Crippen LogP contribution in [-0.2, 0) is 11.3 Å². The number of H-pyrrole nitrogens is 1. The zero-order chi connectivity index (χ0) is 18.9. The van der Waals surface area contributed by atoms with E-state index in [1.54, 1.807) is 0 Å². The number of alkyl halides is 3. The van der Waals surface area contributed by atoms with Gasteiger partial charge in [-0.1, -0.05) is 6.92 Å². The number of fused-ring (bicyclic) bond motifs is 1. The molecule has 0 aliphatic heterocycles. The molecule has 10 heteroatoms. The van der Waals surface area contributed by atoms with Gasteiger partial charge in [0.1, 0.15) is 6.54 Å². The molecular formula is C15H16F3N3O4. The normalized spacial score (nSPS) is 13.0. The third kappa shape index (κ3) is 4.20. The average Bonchev–Trinajstić information content (AvgIpc) is 2.79. The summed E-state index contributed by atoms with van der Waals surface area (Å²) in [5.41, 5.74) is -0.669. The number of aliphatic carboxylic acids is 1. The van der Waals surface area contributed by atoms with Crippen molar-refractivity contribution in [1.29, 1.82) is 0 Å². The summed E-state index contributed by atoms with van der Waals surface area (Å²) in [5, 5.41) is 8.88. The molecule has 1 unspecified atom stereocenters. The van der Waals surface area contributed by atoms with Crippen molar-refractivity contribution in [3.8, 4) is 0 Å². The lowest BCUT2D eigenvalue weighted by Gasteiger charge is -2.19. The van der Waals surface area contributed by atoms with Crippen molar-refractivity contribution in [1.82, 2.24) is 14.5 Å². The number of carbonyl (C=O) groups excluding carboxylic acids is 1. The number of nitrogens with one attached hydrogen (secondary N) is 1. The first-order valence-electron chi connectivity index (χ1n) is 7.27. The standard InChI is InChI=1S/C15H16F3N3O4/c1-8(13(23)24)6-20(2)12(22)9-3-4-11-10(5-9)19-14(25)21(11)7-15(16,17)18/h3-5,8H,6-7H2,1-2H3,(H,19,25)(H,23,24). The molecule has 0 saturated carbocycles. The van der Waals surface area contributed by atoms with Gasteiger partial charge in [-0.05, 0) is 18.2 Å². The molecule has 0 aliphatic carbocycles. The Labute approximate surface area is 139 Å². The van der Waals surface area contributed by atoms with Crippen LogP contribution in [0.15, 0.2) is 23.0 Å². The molecule has 0 fully saturated rings. The molecule has 2 N–H and O–H groups in total.